The van der Waals surface area contributed by atoms with Crippen LogP contribution >= 0.6 is 39.0 Å². The summed E-state index contributed by atoms with van der Waals surface area (Å²) in [5, 5.41) is 8.61. The van der Waals surface area contributed by atoms with E-state index >= 15 is 0 Å². The molecule has 11 heteroatoms. The number of fused-ring (bicyclic) bond motifs is 1. The van der Waals surface area contributed by atoms with Crippen LogP contribution in [0.25, 0.3) is 6.08 Å². The molecule has 1 aliphatic rings. The Morgan fingerprint density at radius 3 is 2.47 bits per heavy atom. The van der Waals surface area contributed by atoms with Crippen molar-refractivity contribution in [2.75, 3.05) is 17.7 Å². The van der Waals surface area contributed by atoms with E-state index in [-0.39, 0.29) is 11.6 Å². The standard InChI is InChI=1S/C36H34BrN3O5S2/c1-21-12-17-28-30(18-21)47-35(31(28)36(44)45-3)40-32(41)22(2)46-27-11-7-10-26(20-27)38-34(43)29(19-23-13-15-25(37)16-14-23)39-33(42)24-8-5-4-6-9-24/h4-11,13-16,19-22H,12,17-18H2,1-3H3,(H,38,43)(H,39,42)(H,40,41)/b29-19+. The van der Waals surface area contributed by atoms with Gasteiger partial charge in [-0.3, -0.25) is 14.4 Å². The van der Waals surface area contributed by atoms with Crippen LogP contribution in [0.5, 0.6) is 0 Å². The van der Waals surface area contributed by atoms with Gasteiger partial charge < -0.3 is 20.7 Å². The number of carbonyl (C=O) groups is 4. The van der Waals surface area contributed by atoms with Crippen LogP contribution in [0.1, 0.15) is 57.0 Å². The largest absolute Gasteiger partial charge is 0.465 e. The van der Waals surface area contributed by atoms with Crippen molar-refractivity contribution < 1.29 is 23.9 Å². The number of benzene rings is 3. The van der Waals surface area contributed by atoms with Crippen molar-refractivity contribution >= 4 is 79.5 Å². The Hall–Kier alpha value is -4.19. The number of thiophene rings is 1. The fourth-order valence-corrected chi connectivity index (χ4v) is 7.73. The Balaban J connectivity index is 1.29. The molecule has 3 amide bonds. The molecule has 3 aromatic carbocycles. The van der Waals surface area contributed by atoms with Crippen molar-refractivity contribution in [2.24, 2.45) is 5.92 Å². The van der Waals surface area contributed by atoms with E-state index in [2.05, 4.69) is 38.8 Å². The number of carbonyl (C=O) groups excluding carboxylic acids is 4. The molecule has 0 radical (unpaired) electrons. The number of esters is 1. The monoisotopic (exact) mass is 731 g/mol. The lowest BCUT2D eigenvalue weighted by Gasteiger charge is -2.18. The molecule has 8 nitrogen and oxygen atoms in total. The average molecular weight is 733 g/mol. The zero-order valence-corrected chi connectivity index (χ0v) is 29.3. The van der Waals surface area contributed by atoms with E-state index in [0.29, 0.717) is 27.7 Å². The Labute approximate surface area is 290 Å². The molecular weight excluding hydrogens is 698 g/mol. The zero-order valence-electron chi connectivity index (χ0n) is 26.1. The lowest BCUT2D eigenvalue weighted by Crippen LogP contribution is -2.30. The lowest BCUT2D eigenvalue weighted by molar-refractivity contribution is -0.115. The van der Waals surface area contributed by atoms with Crippen LogP contribution in [0, 0.1) is 5.92 Å². The zero-order chi connectivity index (χ0) is 33.5. The molecule has 2 atom stereocenters. The van der Waals surface area contributed by atoms with Gasteiger partial charge in [0.1, 0.15) is 10.7 Å². The summed E-state index contributed by atoms with van der Waals surface area (Å²) in [4.78, 5) is 54.3. The number of rotatable bonds is 10. The number of anilines is 2. The second-order valence-corrected chi connectivity index (χ2v) is 14.6. The predicted molar refractivity (Wildman–Crippen MR) is 192 cm³/mol. The molecule has 0 fully saturated rings. The van der Waals surface area contributed by atoms with Gasteiger partial charge in [0.05, 0.1) is 17.9 Å². The van der Waals surface area contributed by atoms with Crippen LogP contribution in [0.15, 0.2) is 93.9 Å². The predicted octanol–water partition coefficient (Wildman–Crippen LogP) is 7.95. The van der Waals surface area contributed by atoms with E-state index in [4.69, 9.17) is 4.74 Å². The third-order valence-electron chi connectivity index (χ3n) is 7.62. The molecule has 2 unspecified atom stereocenters. The summed E-state index contributed by atoms with van der Waals surface area (Å²) in [5.41, 5.74) is 3.15. The van der Waals surface area contributed by atoms with Crippen molar-refractivity contribution in [2.45, 2.75) is 43.3 Å². The Kier molecular flexibility index (Phi) is 11.3. The summed E-state index contributed by atoms with van der Waals surface area (Å²) >= 11 is 6.19. The normalized spacial score (nSPS) is 14.8. The first-order valence-corrected chi connectivity index (χ1v) is 17.6. The summed E-state index contributed by atoms with van der Waals surface area (Å²) in [6.07, 6.45) is 4.26. The molecule has 0 saturated carbocycles. The average Bonchev–Trinajstić information content (AvgIpc) is 3.42. The second kappa shape index (κ2) is 15.6. The maximum Gasteiger partial charge on any atom is 0.341 e. The molecule has 1 heterocycles. The topological polar surface area (TPSA) is 114 Å². The molecule has 4 aromatic rings. The molecule has 242 valence electrons. The van der Waals surface area contributed by atoms with Crippen molar-refractivity contribution in [3.8, 4) is 0 Å². The highest BCUT2D eigenvalue weighted by atomic mass is 79.9. The molecule has 1 aliphatic carbocycles. The van der Waals surface area contributed by atoms with E-state index in [1.54, 1.807) is 55.5 Å². The van der Waals surface area contributed by atoms with Crippen molar-refractivity contribution in [1.82, 2.24) is 5.32 Å². The Morgan fingerprint density at radius 1 is 1.00 bits per heavy atom. The number of hydrogen-bond donors (Lipinski definition) is 3. The van der Waals surface area contributed by atoms with Crippen LogP contribution in [0.3, 0.4) is 0 Å². The van der Waals surface area contributed by atoms with Crippen LogP contribution < -0.4 is 16.0 Å². The quantitative estimate of drug-likeness (QED) is 0.0867. The summed E-state index contributed by atoms with van der Waals surface area (Å²) in [7, 11) is 1.35. The van der Waals surface area contributed by atoms with Gasteiger partial charge in [-0.15, -0.1) is 23.1 Å². The maximum absolute atomic E-state index is 13.5. The van der Waals surface area contributed by atoms with Crippen LogP contribution in [-0.2, 0) is 27.2 Å². The molecule has 0 spiro atoms. The fraction of sp³-hybridized carbons (Fsp3) is 0.222. The van der Waals surface area contributed by atoms with Crippen LogP contribution in [-0.4, -0.2) is 36.1 Å². The fourth-order valence-electron chi connectivity index (χ4n) is 5.14. The number of methoxy groups -OCH3 is 1. The number of hydrogen-bond acceptors (Lipinski definition) is 7. The van der Waals surface area contributed by atoms with Gasteiger partial charge in [-0.25, -0.2) is 4.79 Å². The summed E-state index contributed by atoms with van der Waals surface area (Å²) in [5.74, 6) is -1.08. The van der Waals surface area contributed by atoms with Crippen molar-refractivity contribution in [1.29, 1.82) is 0 Å². The third-order valence-corrected chi connectivity index (χ3v) is 10.4. The van der Waals surface area contributed by atoms with Gasteiger partial charge in [-0.05, 0) is 91.8 Å². The van der Waals surface area contributed by atoms with Crippen LogP contribution in [0.4, 0.5) is 10.7 Å². The number of thioether (sulfide) groups is 1. The molecule has 3 N–H and O–H groups in total. The smallest absolute Gasteiger partial charge is 0.341 e. The molecule has 1 aromatic heterocycles. The highest BCUT2D eigenvalue weighted by molar-refractivity contribution is 9.10. The van der Waals surface area contributed by atoms with Gasteiger partial charge in [-0.1, -0.05) is 59.3 Å². The number of nitrogens with one attached hydrogen (secondary N) is 3. The molecule has 47 heavy (non-hydrogen) atoms. The summed E-state index contributed by atoms with van der Waals surface area (Å²) < 4.78 is 5.94. The molecular formula is C36H34BrN3O5S2. The molecule has 0 aliphatic heterocycles. The van der Waals surface area contributed by atoms with Crippen molar-refractivity contribution in [3.05, 3.63) is 116 Å². The SMILES string of the molecule is COC(=O)c1c(NC(=O)C(C)Sc2cccc(NC(=O)/C(=C\c3ccc(Br)cc3)NC(=O)c3ccccc3)c2)sc2c1CCC(C)C2. The maximum atomic E-state index is 13.5. The summed E-state index contributed by atoms with van der Waals surface area (Å²) in [6, 6.07) is 23.2. The summed E-state index contributed by atoms with van der Waals surface area (Å²) in [6.45, 7) is 3.98. The number of ether oxygens (including phenoxy) is 1. The van der Waals surface area contributed by atoms with Gasteiger partial charge in [-0.2, -0.15) is 0 Å². The number of amides is 3. The van der Waals surface area contributed by atoms with Crippen LogP contribution in [0.2, 0.25) is 0 Å². The van der Waals surface area contributed by atoms with E-state index < -0.39 is 23.0 Å². The van der Waals surface area contributed by atoms with Gasteiger partial charge in [0.25, 0.3) is 11.8 Å². The highest BCUT2D eigenvalue weighted by Crippen LogP contribution is 2.40. The minimum Gasteiger partial charge on any atom is -0.465 e. The Morgan fingerprint density at radius 2 is 1.74 bits per heavy atom. The van der Waals surface area contributed by atoms with Gasteiger partial charge in [0, 0.05) is 25.5 Å². The van der Waals surface area contributed by atoms with E-state index in [1.165, 1.54) is 30.2 Å². The third kappa shape index (κ3) is 8.79. The first kappa shape index (κ1) is 34.2. The van der Waals surface area contributed by atoms with Crippen molar-refractivity contribution in [3.63, 3.8) is 0 Å². The van der Waals surface area contributed by atoms with E-state index in [1.807, 2.05) is 36.4 Å². The second-order valence-electron chi connectivity index (χ2n) is 11.2. The number of halogens is 1. The molecule has 0 bridgehead atoms. The van der Waals surface area contributed by atoms with Gasteiger partial charge in [0.15, 0.2) is 0 Å². The van der Waals surface area contributed by atoms with Gasteiger partial charge >= 0.3 is 5.97 Å². The molecule has 0 saturated heterocycles. The minimum absolute atomic E-state index is 0.0708. The van der Waals surface area contributed by atoms with E-state index in [9.17, 15) is 19.2 Å². The first-order valence-electron chi connectivity index (χ1n) is 15.1. The van der Waals surface area contributed by atoms with E-state index in [0.717, 1.165) is 44.6 Å². The molecule has 5 rings (SSSR count). The minimum atomic E-state index is -0.512. The van der Waals surface area contributed by atoms with Gasteiger partial charge in [0.2, 0.25) is 5.91 Å². The first-order chi connectivity index (χ1) is 22.6. The lowest BCUT2D eigenvalue weighted by atomic mass is 9.88. The Bertz CT molecular complexity index is 1820. The highest BCUT2D eigenvalue weighted by Gasteiger charge is 2.29.